The first-order chi connectivity index (χ1) is 19.7. The van der Waals surface area contributed by atoms with Gasteiger partial charge >= 0.3 is 0 Å². The lowest BCUT2D eigenvalue weighted by molar-refractivity contribution is -0.133. The van der Waals surface area contributed by atoms with Crippen molar-refractivity contribution >= 4 is 28.5 Å². The Morgan fingerprint density at radius 3 is 2.22 bits per heavy atom. The van der Waals surface area contributed by atoms with Crippen LogP contribution in [0.3, 0.4) is 0 Å². The van der Waals surface area contributed by atoms with E-state index in [0.29, 0.717) is 53.2 Å². The Morgan fingerprint density at radius 2 is 1.61 bits per heavy atom. The number of nitrogens with one attached hydrogen (secondary N) is 2. The Balaban J connectivity index is 1.20. The van der Waals surface area contributed by atoms with Gasteiger partial charge in [0.15, 0.2) is 11.6 Å². The van der Waals surface area contributed by atoms with Gasteiger partial charge in [-0.05, 0) is 87.4 Å². The van der Waals surface area contributed by atoms with Gasteiger partial charge in [-0.25, -0.2) is 9.37 Å². The van der Waals surface area contributed by atoms with E-state index in [2.05, 4.69) is 20.2 Å². The first-order valence-corrected chi connectivity index (χ1v) is 13.7. The van der Waals surface area contributed by atoms with Crippen LogP contribution in [0.1, 0.15) is 40.9 Å². The number of hydrogen-bond donors (Lipinski definition) is 2. The summed E-state index contributed by atoms with van der Waals surface area (Å²) >= 11 is 0. The summed E-state index contributed by atoms with van der Waals surface area (Å²) in [6, 6.07) is 16.5. The maximum atomic E-state index is 13.2. The molecule has 0 bridgehead atoms. The molecule has 1 aliphatic carbocycles. The number of nitrogens with zero attached hydrogens (tertiary/aromatic N) is 2. The van der Waals surface area contributed by atoms with Gasteiger partial charge < -0.3 is 19.9 Å². The smallest absolute Gasteiger partial charge is 0.267 e. The van der Waals surface area contributed by atoms with Crippen molar-refractivity contribution in [2.75, 3.05) is 27.2 Å². The van der Waals surface area contributed by atoms with E-state index in [-0.39, 0.29) is 36.1 Å². The second-order valence-electron chi connectivity index (χ2n) is 10.8. The summed E-state index contributed by atoms with van der Waals surface area (Å²) in [5, 5.41) is 3.60. The number of amides is 1. The van der Waals surface area contributed by atoms with Gasteiger partial charge in [0.1, 0.15) is 28.7 Å². The molecule has 0 spiro atoms. The summed E-state index contributed by atoms with van der Waals surface area (Å²) < 4.78 is 19.3. The number of ether oxygens (including phenoxy) is 1. The Hall–Kier alpha value is -4.37. The van der Waals surface area contributed by atoms with Crippen LogP contribution in [0, 0.1) is 11.2 Å². The van der Waals surface area contributed by atoms with Gasteiger partial charge in [-0.15, -0.1) is 0 Å². The minimum Gasteiger partial charge on any atom is -0.457 e. The Labute approximate surface area is 237 Å². The molecule has 1 fully saturated rings. The molecular formula is C32H33FN4O4. The molecule has 2 heterocycles. The van der Waals surface area contributed by atoms with Crippen LogP contribution in [-0.4, -0.2) is 59.5 Å². The number of hydrogen-bond acceptors (Lipinski definition) is 6. The molecule has 0 radical (unpaired) electrons. The summed E-state index contributed by atoms with van der Waals surface area (Å²) in [7, 11) is 3.98. The van der Waals surface area contributed by atoms with Crippen molar-refractivity contribution in [2.45, 2.75) is 32.1 Å². The molecular weight excluding hydrogens is 523 g/mol. The molecule has 1 amide bonds. The molecule has 41 heavy (non-hydrogen) atoms. The van der Waals surface area contributed by atoms with Gasteiger partial charge in [0.25, 0.3) is 5.91 Å². The lowest BCUT2D eigenvalue weighted by Gasteiger charge is -2.13. The van der Waals surface area contributed by atoms with Crippen molar-refractivity contribution in [1.29, 1.82) is 0 Å². The number of carbonyl (C=O) groups is 3. The van der Waals surface area contributed by atoms with Gasteiger partial charge in [-0.1, -0.05) is 24.3 Å². The first kappa shape index (κ1) is 28.2. The highest BCUT2D eigenvalue weighted by atomic mass is 19.1. The number of halogens is 1. The largest absolute Gasteiger partial charge is 0.457 e. The lowest BCUT2D eigenvalue weighted by Crippen LogP contribution is -2.28. The SMILES string of the molecule is CN(C)CCCNC(=O)c1cc2c(Oc3ccc(CC(=O)C4(C(=O)Cc5ccc(F)cc5)CC4)cc3)ccnc2[nH]1. The van der Waals surface area contributed by atoms with Crippen LogP contribution < -0.4 is 10.1 Å². The average Bonchev–Trinajstić information content (AvgIpc) is 3.66. The van der Waals surface area contributed by atoms with E-state index in [9.17, 15) is 18.8 Å². The number of rotatable bonds is 13. The highest BCUT2D eigenvalue weighted by Crippen LogP contribution is 2.48. The zero-order valence-electron chi connectivity index (χ0n) is 23.2. The van der Waals surface area contributed by atoms with E-state index in [1.165, 1.54) is 12.1 Å². The molecule has 0 aliphatic heterocycles. The molecule has 2 N–H and O–H groups in total. The van der Waals surface area contributed by atoms with E-state index < -0.39 is 5.41 Å². The molecule has 9 heteroatoms. The number of ketones is 2. The maximum Gasteiger partial charge on any atom is 0.267 e. The maximum absolute atomic E-state index is 13.2. The number of fused-ring (bicyclic) bond motifs is 1. The Morgan fingerprint density at radius 1 is 0.976 bits per heavy atom. The summed E-state index contributed by atoms with van der Waals surface area (Å²) in [6.07, 6.45) is 3.84. The summed E-state index contributed by atoms with van der Waals surface area (Å²) in [5.41, 5.74) is 1.51. The minimum atomic E-state index is -0.934. The predicted molar refractivity (Wildman–Crippen MR) is 154 cm³/mol. The fraction of sp³-hybridized carbons (Fsp3) is 0.312. The third kappa shape index (κ3) is 6.69. The Kier molecular flexibility index (Phi) is 8.26. The van der Waals surface area contributed by atoms with Gasteiger partial charge in [-0.3, -0.25) is 14.4 Å². The molecule has 8 nitrogen and oxygen atoms in total. The molecule has 2 aromatic heterocycles. The monoisotopic (exact) mass is 556 g/mol. The van der Waals surface area contributed by atoms with E-state index >= 15 is 0 Å². The molecule has 0 atom stereocenters. The topological polar surface area (TPSA) is 104 Å². The van der Waals surface area contributed by atoms with Crippen molar-refractivity contribution in [3.05, 3.63) is 89.5 Å². The fourth-order valence-corrected chi connectivity index (χ4v) is 4.86. The number of benzene rings is 2. The van der Waals surface area contributed by atoms with E-state index in [1.807, 2.05) is 26.2 Å². The van der Waals surface area contributed by atoms with Crippen LogP contribution in [-0.2, 0) is 22.4 Å². The molecule has 0 saturated heterocycles. The number of aromatic nitrogens is 2. The van der Waals surface area contributed by atoms with Crippen LogP contribution in [0.4, 0.5) is 4.39 Å². The third-order valence-corrected chi connectivity index (χ3v) is 7.42. The van der Waals surface area contributed by atoms with Crippen LogP contribution in [0.15, 0.2) is 66.9 Å². The number of pyridine rings is 1. The standard InChI is InChI=1S/C32H33FN4O4/c1-37(2)17-3-15-35-31(40)26-20-25-27(12-16-34-30(25)36-26)41-24-10-6-22(7-11-24)19-29(39)32(13-14-32)28(38)18-21-4-8-23(33)9-5-21/h4-12,16,20H,3,13-15,17-19H2,1-2H3,(H,34,36)(H,35,40). The van der Waals surface area contributed by atoms with Crippen molar-refractivity contribution < 1.29 is 23.5 Å². The molecule has 5 rings (SSSR count). The molecule has 1 saturated carbocycles. The van der Waals surface area contributed by atoms with Crippen LogP contribution in [0.25, 0.3) is 11.0 Å². The fourth-order valence-electron chi connectivity index (χ4n) is 4.86. The van der Waals surface area contributed by atoms with Crippen molar-refractivity contribution in [1.82, 2.24) is 20.2 Å². The summed E-state index contributed by atoms with van der Waals surface area (Å²) in [5.74, 6) is 0.360. The molecule has 0 unspecified atom stereocenters. The first-order valence-electron chi connectivity index (χ1n) is 13.7. The molecule has 4 aromatic rings. The highest BCUT2D eigenvalue weighted by Gasteiger charge is 2.54. The summed E-state index contributed by atoms with van der Waals surface area (Å²) in [4.78, 5) is 48.1. The molecule has 2 aromatic carbocycles. The number of Topliss-reactive ketones (excluding diaryl/α,β-unsaturated/α-hetero) is 2. The zero-order chi connectivity index (χ0) is 29.0. The normalized spacial score (nSPS) is 13.8. The average molecular weight is 557 g/mol. The number of carbonyl (C=O) groups excluding carboxylic acids is 3. The predicted octanol–water partition coefficient (Wildman–Crippen LogP) is 4.88. The van der Waals surface area contributed by atoms with Crippen molar-refractivity contribution in [3.63, 3.8) is 0 Å². The number of aromatic amines is 1. The zero-order valence-corrected chi connectivity index (χ0v) is 23.2. The quantitative estimate of drug-likeness (QED) is 0.180. The van der Waals surface area contributed by atoms with Gasteiger partial charge in [0.2, 0.25) is 0 Å². The van der Waals surface area contributed by atoms with Gasteiger partial charge in [0.05, 0.1) is 10.8 Å². The summed E-state index contributed by atoms with van der Waals surface area (Å²) in [6.45, 7) is 1.46. The van der Waals surface area contributed by atoms with Crippen LogP contribution in [0.5, 0.6) is 11.5 Å². The second-order valence-corrected chi connectivity index (χ2v) is 10.8. The van der Waals surface area contributed by atoms with E-state index in [1.54, 1.807) is 42.6 Å². The van der Waals surface area contributed by atoms with E-state index in [4.69, 9.17) is 4.74 Å². The van der Waals surface area contributed by atoms with Crippen molar-refractivity contribution in [3.8, 4) is 11.5 Å². The molecule has 212 valence electrons. The third-order valence-electron chi connectivity index (χ3n) is 7.42. The van der Waals surface area contributed by atoms with Crippen LogP contribution >= 0.6 is 0 Å². The van der Waals surface area contributed by atoms with Crippen LogP contribution in [0.2, 0.25) is 0 Å². The van der Waals surface area contributed by atoms with E-state index in [0.717, 1.165) is 18.5 Å². The second kappa shape index (κ2) is 12.0. The minimum absolute atomic E-state index is 0.0889. The number of H-pyrrole nitrogens is 1. The van der Waals surface area contributed by atoms with Crippen molar-refractivity contribution in [2.24, 2.45) is 5.41 Å². The lowest BCUT2D eigenvalue weighted by atomic mass is 9.88. The highest BCUT2D eigenvalue weighted by molar-refractivity contribution is 6.11. The van der Waals surface area contributed by atoms with Gasteiger partial charge in [0, 0.05) is 25.6 Å². The molecule has 1 aliphatic rings. The Bertz CT molecular complexity index is 1560. The van der Waals surface area contributed by atoms with Gasteiger partial charge in [-0.2, -0.15) is 0 Å².